The third-order valence-electron chi connectivity index (χ3n) is 5.29. The Bertz CT molecular complexity index is 664. The van der Waals surface area contributed by atoms with Crippen molar-refractivity contribution in [3.8, 4) is 0 Å². The summed E-state index contributed by atoms with van der Waals surface area (Å²) < 4.78 is 5.45. The van der Waals surface area contributed by atoms with Crippen LogP contribution in [0.1, 0.15) is 43.7 Å². The SMILES string of the molecule is CCOCc1ccccc1CNC(=O)CN1C(=O)C2CCCCC2C1=O. The quantitative estimate of drug-likeness (QED) is 0.757. The van der Waals surface area contributed by atoms with Gasteiger partial charge in [0.1, 0.15) is 6.54 Å². The number of nitrogens with zero attached hydrogens (tertiary/aromatic N) is 1. The van der Waals surface area contributed by atoms with E-state index < -0.39 is 0 Å². The van der Waals surface area contributed by atoms with E-state index in [9.17, 15) is 14.4 Å². The smallest absolute Gasteiger partial charge is 0.240 e. The van der Waals surface area contributed by atoms with Crippen LogP contribution in [0.3, 0.4) is 0 Å². The second-order valence-corrected chi connectivity index (χ2v) is 6.94. The number of imide groups is 1. The molecule has 2 atom stereocenters. The number of hydrogen-bond donors (Lipinski definition) is 1. The molecule has 0 radical (unpaired) electrons. The number of carbonyl (C=O) groups excluding carboxylic acids is 3. The molecule has 1 aromatic rings. The summed E-state index contributed by atoms with van der Waals surface area (Å²) in [5, 5.41) is 2.82. The van der Waals surface area contributed by atoms with Crippen molar-refractivity contribution in [2.45, 2.75) is 45.8 Å². The molecular formula is C20H26N2O4. The van der Waals surface area contributed by atoms with Gasteiger partial charge in [-0.2, -0.15) is 0 Å². The van der Waals surface area contributed by atoms with E-state index in [0.29, 0.717) is 19.8 Å². The number of ether oxygens (including phenoxy) is 1. The molecule has 2 fully saturated rings. The zero-order chi connectivity index (χ0) is 18.5. The second-order valence-electron chi connectivity index (χ2n) is 6.94. The molecule has 2 aliphatic rings. The molecule has 6 heteroatoms. The number of rotatable bonds is 7. The molecule has 1 N–H and O–H groups in total. The van der Waals surface area contributed by atoms with Crippen LogP contribution in [0, 0.1) is 11.8 Å². The van der Waals surface area contributed by atoms with E-state index in [2.05, 4.69) is 5.32 Å². The number of hydrogen-bond acceptors (Lipinski definition) is 4. The first-order chi connectivity index (χ1) is 12.6. The molecule has 1 aromatic carbocycles. The summed E-state index contributed by atoms with van der Waals surface area (Å²) in [6.45, 7) is 3.23. The fourth-order valence-corrected chi connectivity index (χ4v) is 3.86. The Hall–Kier alpha value is -2.21. The summed E-state index contributed by atoms with van der Waals surface area (Å²) in [4.78, 5) is 38.3. The van der Waals surface area contributed by atoms with E-state index in [-0.39, 0.29) is 36.1 Å². The standard InChI is InChI=1S/C20H26N2O4/c1-2-26-13-15-8-4-3-7-14(15)11-21-18(23)12-22-19(24)16-9-5-6-10-17(16)20(22)25/h3-4,7-8,16-17H,2,5-6,9-13H2,1H3,(H,21,23). The Kier molecular flexibility index (Phi) is 6.04. The van der Waals surface area contributed by atoms with Gasteiger partial charge >= 0.3 is 0 Å². The van der Waals surface area contributed by atoms with Gasteiger partial charge in [0.15, 0.2) is 0 Å². The first-order valence-electron chi connectivity index (χ1n) is 9.38. The highest BCUT2D eigenvalue weighted by Crippen LogP contribution is 2.37. The lowest BCUT2D eigenvalue weighted by molar-refractivity contribution is -0.143. The number of likely N-dealkylation sites (tertiary alicyclic amines) is 1. The number of amides is 3. The first kappa shape index (κ1) is 18.6. The van der Waals surface area contributed by atoms with Crippen LogP contribution in [0.5, 0.6) is 0 Å². The van der Waals surface area contributed by atoms with Crippen molar-refractivity contribution in [3.05, 3.63) is 35.4 Å². The van der Waals surface area contributed by atoms with Crippen LogP contribution in [-0.4, -0.2) is 35.8 Å². The largest absolute Gasteiger partial charge is 0.377 e. The maximum Gasteiger partial charge on any atom is 0.240 e. The minimum atomic E-state index is -0.309. The van der Waals surface area contributed by atoms with E-state index in [0.717, 1.165) is 41.7 Å². The van der Waals surface area contributed by atoms with Crippen LogP contribution >= 0.6 is 0 Å². The van der Waals surface area contributed by atoms with Gasteiger partial charge in [-0.3, -0.25) is 19.3 Å². The maximum atomic E-state index is 12.4. The number of nitrogens with one attached hydrogen (secondary N) is 1. The Balaban J connectivity index is 1.56. The van der Waals surface area contributed by atoms with Crippen molar-refractivity contribution in [2.75, 3.05) is 13.2 Å². The van der Waals surface area contributed by atoms with Crippen LogP contribution in [-0.2, 0) is 32.3 Å². The fourth-order valence-electron chi connectivity index (χ4n) is 3.86. The van der Waals surface area contributed by atoms with Gasteiger partial charge in [-0.1, -0.05) is 37.1 Å². The van der Waals surface area contributed by atoms with Gasteiger partial charge in [0.05, 0.1) is 18.4 Å². The van der Waals surface area contributed by atoms with Crippen molar-refractivity contribution in [1.29, 1.82) is 0 Å². The van der Waals surface area contributed by atoms with Gasteiger partial charge in [0.2, 0.25) is 17.7 Å². The van der Waals surface area contributed by atoms with Gasteiger partial charge in [-0.25, -0.2) is 0 Å². The van der Waals surface area contributed by atoms with E-state index in [1.54, 1.807) is 0 Å². The van der Waals surface area contributed by atoms with Crippen molar-refractivity contribution >= 4 is 17.7 Å². The number of fused-ring (bicyclic) bond motifs is 1. The first-order valence-corrected chi connectivity index (χ1v) is 9.38. The van der Waals surface area contributed by atoms with E-state index in [1.165, 1.54) is 0 Å². The van der Waals surface area contributed by atoms with Crippen LogP contribution in [0.25, 0.3) is 0 Å². The molecule has 140 valence electrons. The summed E-state index contributed by atoms with van der Waals surface area (Å²) in [6, 6.07) is 7.75. The zero-order valence-electron chi connectivity index (χ0n) is 15.2. The molecule has 1 aliphatic heterocycles. The van der Waals surface area contributed by atoms with E-state index >= 15 is 0 Å². The van der Waals surface area contributed by atoms with Crippen LogP contribution in [0.15, 0.2) is 24.3 Å². The van der Waals surface area contributed by atoms with Gasteiger partial charge in [0.25, 0.3) is 0 Å². The summed E-state index contributed by atoms with van der Waals surface area (Å²) in [6.07, 6.45) is 3.49. The third-order valence-corrected chi connectivity index (χ3v) is 5.29. The minimum Gasteiger partial charge on any atom is -0.377 e. The molecular weight excluding hydrogens is 332 g/mol. The summed E-state index contributed by atoms with van der Waals surface area (Å²) in [5.74, 6) is -1.08. The number of carbonyl (C=O) groups is 3. The molecule has 3 amide bonds. The summed E-state index contributed by atoms with van der Waals surface area (Å²) in [7, 11) is 0. The molecule has 1 aliphatic carbocycles. The average molecular weight is 358 g/mol. The monoisotopic (exact) mass is 358 g/mol. The molecule has 0 aromatic heterocycles. The predicted octanol–water partition coefficient (Wildman–Crippen LogP) is 2.01. The van der Waals surface area contributed by atoms with Crippen molar-refractivity contribution in [3.63, 3.8) is 0 Å². The Morgan fingerprint density at radius 3 is 2.35 bits per heavy atom. The Morgan fingerprint density at radius 1 is 1.12 bits per heavy atom. The van der Waals surface area contributed by atoms with E-state index in [4.69, 9.17) is 4.74 Å². The zero-order valence-corrected chi connectivity index (χ0v) is 15.2. The van der Waals surface area contributed by atoms with Gasteiger partial charge in [-0.15, -0.1) is 0 Å². The lowest BCUT2D eigenvalue weighted by Crippen LogP contribution is -2.40. The van der Waals surface area contributed by atoms with E-state index in [1.807, 2.05) is 31.2 Å². The van der Waals surface area contributed by atoms with Gasteiger partial charge in [0, 0.05) is 13.2 Å². The van der Waals surface area contributed by atoms with Crippen LogP contribution < -0.4 is 5.32 Å². The molecule has 1 saturated carbocycles. The average Bonchev–Trinajstić information content (AvgIpc) is 2.90. The topological polar surface area (TPSA) is 75.7 Å². The lowest BCUT2D eigenvalue weighted by atomic mass is 9.81. The third kappa shape index (κ3) is 3.96. The highest BCUT2D eigenvalue weighted by molar-refractivity contribution is 6.07. The second kappa shape index (κ2) is 8.45. The molecule has 1 saturated heterocycles. The Labute approximate surface area is 153 Å². The molecule has 2 unspecified atom stereocenters. The molecule has 26 heavy (non-hydrogen) atoms. The fraction of sp³-hybridized carbons (Fsp3) is 0.550. The number of benzene rings is 1. The van der Waals surface area contributed by atoms with Crippen LogP contribution in [0.4, 0.5) is 0 Å². The lowest BCUT2D eigenvalue weighted by Gasteiger charge is -2.19. The minimum absolute atomic E-state index is 0.174. The Morgan fingerprint density at radius 2 is 1.73 bits per heavy atom. The molecule has 3 rings (SSSR count). The highest BCUT2D eigenvalue weighted by Gasteiger charge is 2.48. The molecule has 6 nitrogen and oxygen atoms in total. The van der Waals surface area contributed by atoms with Crippen molar-refractivity contribution in [1.82, 2.24) is 10.2 Å². The normalized spacial score (nSPS) is 22.4. The van der Waals surface area contributed by atoms with Gasteiger partial charge in [-0.05, 0) is 30.9 Å². The molecule has 0 spiro atoms. The van der Waals surface area contributed by atoms with Crippen LogP contribution in [0.2, 0.25) is 0 Å². The van der Waals surface area contributed by atoms with Crippen molar-refractivity contribution < 1.29 is 19.1 Å². The summed E-state index contributed by atoms with van der Waals surface area (Å²) >= 11 is 0. The van der Waals surface area contributed by atoms with Gasteiger partial charge < -0.3 is 10.1 Å². The maximum absolute atomic E-state index is 12.4. The predicted molar refractivity (Wildman–Crippen MR) is 95.8 cm³/mol. The molecule has 1 heterocycles. The van der Waals surface area contributed by atoms with Crippen molar-refractivity contribution in [2.24, 2.45) is 11.8 Å². The summed E-state index contributed by atoms with van der Waals surface area (Å²) in [5.41, 5.74) is 2.00. The highest BCUT2D eigenvalue weighted by atomic mass is 16.5. The molecule has 0 bridgehead atoms.